The van der Waals surface area contributed by atoms with Crippen LogP contribution in [0.1, 0.15) is 11.6 Å². The highest BCUT2D eigenvalue weighted by molar-refractivity contribution is 9.11. The number of halogens is 2. The SMILES string of the molecule is O=c1[nH]c(=O)n([C@@H]2C(O)C(O)[C@H](CO)[C@@H]2F)cc1/C=C/Br. The lowest BCUT2D eigenvalue weighted by molar-refractivity contribution is -0.00561. The molecule has 1 fully saturated rings. The van der Waals surface area contributed by atoms with Gasteiger partial charge in [0, 0.05) is 12.1 Å². The molecule has 1 aromatic heterocycles. The van der Waals surface area contributed by atoms with Gasteiger partial charge in [0.05, 0.1) is 24.3 Å². The van der Waals surface area contributed by atoms with E-state index in [1.165, 1.54) is 11.1 Å². The molecule has 1 aromatic rings. The molecule has 21 heavy (non-hydrogen) atoms. The van der Waals surface area contributed by atoms with Crippen LogP contribution in [0.2, 0.25) is 0 Å². The second-order valence-electron chi connectivity index (χ2n) is 4.81. The van der Waals surface area contributed by atoms with Gasteiger partial charge in [-0.15, -0.1) is 0 Å². The molecular formula is C12H14BrFN2O5. The molecule has 0 amide bonds. The average Bonchev–Trinajstić information content (AvgIpc) is 2.64. The van der Waals surface area contributed by atoms with Gasteiger partial charge >= 0.3 is 5.69 Å². The molecule has 0 spiro atoms. The van der Waals surface area contributed by atoms with E-state index in [1.807, 2.05) is 4.98 Å². The number of rotatable bonds is 3. The minimum absolute atomic E-state index is 0.0767. The van der Waals surface area contributed by atoms with E-state index >= 15 is 0 Å². The first-order chi connectivity index (χ1) is 9.92. The fraction of sp³-hybridized carbons (Fsp3) is 0.500. The standard InChI is InChI=1S/C12H14BrFN2O5/c13-2-1-5-3-16(12(21)15-11(5)20)8-7(14)6(4-17)9(18)10(8)19/h1-3,6-10,17-19H,4H2,(H,15,20,21)/b2-1+/t6-,7+,8+,9?,10?/m1/s1. The number of aromatic nitrogens is 2. The molecular weight excluding hydrogens is 351 g/mol. The number of H-pyrrole nitrogens is 1. The summed E-state index contributed by atoms with van der Waals surface area (Å²) in [4.78, 5) is 26.8. The third-order valence-electron chi connectivity index (χ3n) is 3.64. The minimum Gasteiger partial charge on any atom is -0.396 e. The highest BCUT2D eigenvalue weighted by atomic mass is 79.9. The Balaban J connectivity index is 2.54. The molecule has 1 saturated carbocycles. The number of alkyl halides is 1. The summed E-state index contributed by atoms with van der Waals surface area (Å²) < 4.78 is 15.1. The Morgan fingerprint density at radius 3 is 2.57 bits per heavy atom. The number of nitrogens with one attached hydrogen (secondary N) is 1. The lowest BCUT2D eigenvalue weighted by Gasteiger charge is -2.20. The normalized spacial score (nSPS) is 32.9. The minimum atomic E-state index is -1.83. The van der Waals surface area contributed by atoms with Crippen LogP contribution < -0.4 is 11.2 Å². The number of nitrogens with zero attached hydrogens (tertiary/aromatic N) is 1. The Bertz CT molecular complexity index is 658. The first kappa shape index (κ1) is 16.1. The molecule has 0 saturated heterocycles. The first-order valence-corrected chi connectivity index (χ1v) is 7.07. The fourth-order valence-electron chi connectivity index (χ4n) is 2.52. The molecule has 116 valence electrons. The van der Waals surface area contributed by atoms with Gasteiger partial charge in [-0.2, -0.15) is 0 Å². The smallest absolute Gasteiger partial charge is 0.328 e. The summed E-state index contributed by atoms with van der Waals surface area (Å²) >= 11 is 2.98. The van der Waals surface area contributed by atoms with E-state index in [2.05, 4.69) is 15.9 Å². The van der Waals surface area contributed by atoms with E-state index in [-0.39, 0.29) is 5.56 Å². The van der Waals surface area contributed by atoms with Gasteiger partial charge < -0.3 is 15.3 Å². The molecule has 0 aromatic carbocycles. The number of aliphatic hydroxyl groups excluding tert-OH is 3. The molecule has 2 rings (SSSR count). The van der Waals surface area contributed by atoms with E-state index in [4.69, 9.17) is 5.11 Å². The van der Waals surface area contributed by atoms with Crippen LogP contribution >= 0.6 is 15.9 Å². The molecule has 2 unspecified atom stereocenters. The highest BCUT2D eigenvalue weighted by Gasteiger charge is 2.51. The van der Waals surface area contributed by atoms with E-state index in [0.29, 0.717) is 0 Å². The van der Waals surface area contributed by atoms with Crippen molar-refractivity contribution in [3.8, 4) is 0 Å². The van der Waals surface area contributed by atoms with Crippen LogP contribution in [0.25, 0.3) is 6.08 Å². The molecule has 0 aliphatic heterocycles. The highest BCUT2D eigenvalue weighted by Crippen LogP contribution is 2.37. The average molecular weight is 365 g/mol. The molecule has 5 atom stereocenters. The maximum atomic E-state index is 14.3. The molecule has 7 nitrogen and oxygen atoms in total. The zero-order valence-corrected chi connectivity index (χ0v) is 12.3. The Kier molecular flexibility index (Phi) is 4.77. The zero-order valence-electron chi connectivity index (χ0n) is 10.7. The lowest BCUT2D eigenvalue weighted by Crippen LogP contribution is -2.39. The van der Waals surface area contributed by atoms with Crippen LogP contribution in [0.15, 0.2) is 20.8 Å². The maximum Gasteiger partial charge on any atom is 0.328 e. The van der Waals surface area contributed by atoms with Crippen molar-refractivity contribution in [2.45, 2.75) is 24.4 Å². The van der Waals surface area contributed by atoms with Crippen LogP contribution in [-0.2, 0) is 0 Å². The summed E-state index contributed by atoms with van der Waals surface area (Å²) in [5.41, 5.74) is -1.48. The third kappa shape index (κ3) is 2.73. The van der Waals surface area contributed by atoms with Crippen molar-refractivity contribution >= 4 is 22.0 Å². The van der Waals surface area contributed by atoms with Crippen molar-refractivity contribution in [3.05, 3.63) is 37.6 Å². The van der Waals surface area contributed by atoms with Gasteiger partial charge in [0.15, 0.2) is 0 Å². The molecule has 4 N–H and O–H groups in total. The van der Waals surface area contributed by atoms with Crippen molar-refractivity contribution in [1.82, 2.24) is 9.55 Å². The quantitative estimate of drug-likeness (QED) is 0.556. The van der Waals surface area contributed by atoms with Gasteiger partial charge in [-0.25, -0.2) is 9.18 Å². The summed E-state index contributed by atoms with van der Waals surface area (Å²) in [6, 6.07) is -1.39. The van der Waals surface area contributed by atoms with Gasteiger partial charge in [0.1, 0.15) is 12.3 Å². The predicted octanol–water partition coefficient (Wildman–Crippen LogP) is -0.875. The van der Waals surface area contributed by atoms with Gasteiger partial charge in [-0.1, -0.05) is 15.9 Å². The predicted molar refractivity (Wildman–Crippen MR) is 75.8 cm³/mol. The van der Waals surface area contributed by atoms with E-state index < -0.39 is 48.2 Å². The summed E-state index contributed by atoms with van der Waals surface area (Å²) in [5, 5.41) is 28.7. The first-order valence-electron chi connectivity index (χ1n) is 6.15. The van der Waals surface area contributed by atoms with Gasteiger partial charge in [0.2, 0.25) is 0 Å². The summed E-state index contributed by atoms with van der Waals surface area (Å²) in [6.45, 7) is -0.665. The van der Waals surface area contributed by atoms with Crippen LogP contribution in [0, 0.1) is 5.92 Å². The van der Waals surface area contributed by atoms with Gasteiger partial charge in [-0.05, 0) is 11.1 Å². The van der Waals surface area contributed by atoms with Crippen molar-refractivity contribution in [2.24, 2.45) is 5.92 Å². The maximum absolute atomic E-state index is 14.3. The van der Waals surface area contributed by atoms with E-state index in [0.717, 1.165) is 10.8 Å². The molecule has 0 radical (unpaired) electrons. The monoisotopic (exact) mass is 364 g/mol. The largest absolute Gasteiger partial charge is 0.396 e. The molecule has 1 aliphatic carbocycles. The Morgan fingerprint density at radius 1 is 1.38 bits per heavy atom. The molecule has 1 heterocycles. The van der Waals surface area contributed by atoms with Crippen LogP contribution in [0.5, 0.6) is 0 Å². The van der Waals surface area contributed by atoms with E-state index in [1.54, 1.807) is 0 Å². The second-order valence-corrected chi connectivity index (χ2v) is 5.33. The Morgan fingerprint density at radius 2 is 2.05 bits per heavy atom. The number of hydrogen-bond acceptors (Lipinski definition) is 5. The van der Waals surface area contributed by atoms with Gasteiger partial charge in [0.25, 0.3) is 5.56 Å². The second kappa shape index (κ2) is 6.22. The van der Waals surface area contributed by atoms with Crippen molar-refractivity contribution in [2.75, 3.05) is 6.61 Å². The Hall–Kier alpha value is -1.29. The summed E-state index contributed by atoms with van der Waals surface area (Å²) in [6.07, 6.45) is -2.44. The zero-order chi connectivity index (χ0) is 15.7. The van der Waals surface area contributed by atoms with Crippen molar-refractivity contribution in [3.63, 3.8) is 0 Å². The van der Waals surface area contributed by atoms with Crippen molar-refractivity contribution in [1.29, 1.82) is 0 Å². The molecule has 0 bridgehead atoms. The van der Waals surface area contributed by atoms with Crippen LogP contribution in [-0.4, -0.2) is 49.9 Å². The van der Waals surface area contributed by atoms with Gasteiger partial charge in [-0.3, -0.25) is 14.3 Å². The lowest BCUT2D eigenvalue weighted by atomic mass is 10.1. The van der Waals surface area contributed by atoms with Crippen LogP contribution in [0.4, 0.5) is 4.39 Å². The fourth-order valence-corrected chi connectivity index (χ4v) is 2.81. The summed E-state index contributed by atoms with van der Waals surface area (Å²) in [7, 11) is 0. The third-order valence-corrected chi connectivity index (χ3v) is 3.91. The molecule has 9 heteroatoms. The van der Waals surface area contributed by atoms with Crippen molar-refractivity contribution < 1.29 is 19.7 Å². The topological polar surface area (TPSA) is 116 Å². The van der Waals surface area contributed by atoms with E-state index in [9.17, 15) is 24.2 Å². The number of aromatic amines is 1. The Labute approximate surface area is 126 Å². The van der Waals surface area contributed by atoms with Crippen LogP contribution in [0.3, 0.4) is 0 Å². The summed E-state index contributed by atoms with van der Waals surface area (Å²) in [5.74, 6) is -1.20. The number of hydrogen-bond donors (Lipinski definition) is 4. The number of aliphatic hydroxyl groups is 3. The molecule has 1 aliphatic rings.